The van der Waals surface area contributed by atoms with Crippen molar-refractivity contribution in [2.75, 3.05) is 23.9 Å². The van der Waals surface area contributed by atoms with E-state index >= 15 is 0 Å². The highest BCUT2D eigenvalue weighted by Gasteiger charge is 2.39. The first kappa shape index (κ1) is 22.8. The SMILES string of the molecule is CN1C(=O)C(=c2sc(=C3Sc4ccccc4N3C)c(=O)n2-c2ccccc2)N(c2ccccc2)C1=S. The first-order valence-electron chi connectivity index (χ1n) is 11.2. The summed E-state index contributed by atoms with van der Waals surface area (Å²) in [5, 5.41) is 1.21. The van der Waals surface area contributed by atoms with E-state index in [1.165, 1.54) is 16.2 Å². The number of fused-ring (bicyclic) bond motifs is 1. The van der Waals surface area contributed by atoms with Crippen LogP contribution in [0.1, 0.15) is 0 Å². The Morgan fingerprint density at radius 3 is 2.03 bits per heavy atom. The van der Waals surface area contributed by atoms with Gasteiger partial charge in [-0.15, -0.1) is 11.3 Å². The second-order valence-electron chi connectivity index (χ2n) is 8.31. The zero-order valence-electron chi connectivity index (χ0n) is 19.4. The van der Waals surface area contributed by atoms with Crippen LogP contribution in [-0.4, -0.2) is 34.6 Å². The minimum absolute atomic E-state index is 0.169. The Hall–Kier alpha value is -3.66. The number of rotatable bonds is 2. The fraction of sp³-hybridized carbons (Fsp3) is 0.0741. The van der Waals surface area contributed by atoms with Crippen LogP contribution < -0.4 is 24.6 Å². The summed E-state index contributed by atoms with van der Waals surface area (Å²) < 4.78 is 2.75. The molecule has 1 amide bonds. The summed E-state index contributed by atoms with van der Waals surface area (Å²) in [6.07, 6.45) is 0. The first-order chi connectivity index (χ1) is 17.5. The van der Waals surface area contributed by atoms with Crippen LogP contribution >= 0.6 is 35.3 Å². The average Bonchev–Trinajstić information content (AvgIpc) is 3.50. The molecule has 1 aromatic heterocycles. The molecule has 9 heteroatoms. The maximum Gasteiger partial charge on any atom is 0.279 e. The number of nitrogens with zero attached hydrogens (tertiary/aromatic N) is 4. The Labute approximate surface area is 221 Å². The molecule has 0 bridgehead atoms. The molecule has 4 aromatic rings. The smallest absolute Gasteiger partial charge is 0.279 e. The molecular formula is C27H20N4O2S3. The summed E-state index contributed by atoms with van der Waals surface area (Å²) >= 11 is 8.57. The second-order valence-corrected chi connectivity index (χ2v) is 10.7. The van der Waals surface area contributed by atoms with Gasteiger partial charge in [-0.1, -0.05) is 60.3 Å². The van der Waals surface area contributed by atoms with Crippen LogP contribution in [-0.2, 0) is 4.79 Å². The first-order valence-corrected chi connectivity index (χ1v) is 13.2. The Bertz CT molecular complexity index is 1710. The van der Waals surface area contributed by atoms with Crippen molar-refractivity contribution in [1.82, 2.24) is 9.47 Å². The molecule has 0 N–H and O–H groups in total. The average molecular weight is 529 g/mol. The lowest BCUT2D eigenvalue weighted by Gasteiger charge is -2.18. The summed E-state index contributed by atoms with van der Waals surface area (Å²) in [7, 11) is 3.63. The molecule has 0 aliphatic carbocycles. The Morgan fingerprint density at radius 2 is 1.36 bits per heavy atom. The number of hydrogen-bond acceptors (Lipinski definition) is 6. The summed E-state index contributed by atoms with van der Waals surface area (Å²) in [6, 6.07) is 27.0. The van der Waals surface area contributed by atoms with Crippen molar-refractivity contribution in [3.63, 3.8) is 0 Å². The summed E-state index contributed by atoms with van der Waals surface area (Å²) in [4.78, 5) is 34.0. The topological polar surface area (TPSA) is 48.8 Å². The molecule has 0 atom stereocenters. The van der Waals surface area contributed by atoms with Gasteiger partial charge in [-0.05, 0) is 48.6 Å². The normalized spacial score (nSPS) is 18.3. The predicted octanol–water partition coefficient (Wildman–Crippen LogP) is 3.58. The maximum absolute atomic E-state index is 14.1. The van der Waals surface area contributed by atoms with Crippen molar-refractivity contribution < 1.29 is 4.79 Å². The van der Waals surface area contributed by atoms with Gasteiger partial charge in [0.1, 0.15) is 19.9 Å². The monoisotopic (exact) mass is 528 g/mol. The molecule has 2 aliphatic heterocycles. The number of thiazole rings is 1. The minimum atomic E-state index is -0.248. The largest absolute Gasteiger partial charge is 0.337 e. The molecule has 0 saturated carbocycles. The van der Waals surface area contributed by atoms with Gasteiger partial charge in [0.05, 0.1) is 11.4 Å². The molecular weight excluding hydrogens is 509 g/mol. The van der Waals surface area contributed by atoms with E-state index in [-0.39, 0.29) is 11.5 Å². The fourth-order valence-corrected chi connectivity index (χ4v) is 7.13. The van der Waals surface area contributed by atoms with E-state index in [2.05, 4.69) is 0 Å². The quantitative estimate of drug-likeness (QED) is 0.371. The predicted molar refractivity (Wildman–Crippen MR) is 151 cm³/mol. The van der Waals surface area contributed by atoms with Gasteiger partial charge in [0.15, 0.2) is 5.11 Å². The molecule has 6 rings (SSSR count). The summed E-state index contributed by atoms with van der Waals surface area (Å²) in [5.74, 6) is -0.248. The van der Waals surface area contributed by atoms with Crippen LogP contribution in [0.3, 0.4) is 0 Å². The number of likely N-dealkylation sites (N-methyl/N-ethyl adjacent to an activating group) is 1. The van der Waals surface area contributed by atoms with Gasteiger partial charge < -0.3 is 4.90 Å². The number of thioether (sulfide) groups is 1. The molecule has 178 valence electrons. The third-order valence-corrected chi connectivity index (χ3v) is 9.14. The summed E-state index contributed by atoms with van der Waals surface area (Å²) in [6.45, 7) is 0. The van der Waals surface area contributed by atoms with Gasteiger partial charge in [0.2, 0.25) is 0 Å². The van der Waals surface area contributed by atoms with E-state index in [9.17, 15) is 9.59 Å². The number of para-hydroxylation sites is 3. The Balaban J connectivity index is 1.73. The standard InChI is InChI=1S/C27H20N4O2S3/c1-28-19-15-9-10-16-20(19)35-26(28)22-24(33)31(18-13-7-4-8-14-18)25(36-22)21-23(32)29(2)27(34)30(21)17-11-5-3-6-12-17/h3-16H,1-2H3. The third-order valence-electron chi connectivity index (χ3n) is 6.17. The molecule has 0 spiro atoms. The van der Waals surface area contributed by atoms with Crippen LogP contribution in [0.5, 0.6) is 0 Å². The molecule has 3 aromatic carbocycles. The third kappa shape index (κ3) is 3.42. The zero-order valence-corrected chi connectivity index (χ0v) is 21.9. The molecule has 6 nitrogen and oxygen atoms in total. The van der Waals surface area contributed by atoms with Crippen LogP contribution in [0, 0.1) is 0 Å². The van der Waals surface area contributed by atoms with Gasteiger partial charge in [0, 0.05) is 24.7 Å². The number of anilines is 2. The van der Waals surface area contributed by atoms with Crippen LogP contribution in [0.2, 0.25) is 0 Å². The lowest BCUT2D eigenvalue weighted by atomic mass is 10.3. The number of benzene rings is 3. The van der Waals surface area contributed by atoms with Gasteiger partial charge in [0.25, 0.3) is 11.5 Å². The van der Waals surface area contributed by atoms with E-state index in [1.54, 1.807) is 28.3 Å². The number of thiocarbonyl (C=S) groups is 1. The molecule has 0 radical (unpaired) electrons. The maximum atomic E-state index is 14.1. The van der Waals surface area contributed by atoms with Crippen molar-refractivity contribution >= 4 is 68.4 Å². The van der Waals surface area contributed by atoms with E-state index < -0.39 is 0 Å². The van der Waals surface area contributed by atoms with E-state index in [4.69, 9.17) is 12.2 Å². The lowest BCUT2D eigenvalue weighted by Crippen LogP contribution is -2.35. The van der Waals surface area contributed by atoms with Gasteiger partial charge in [-0.3, -0.25) is 24.0 Å². The number of carbonyl (C=O) groups is 1. The van der Waals surface area contributed by atoms with E-state index in [0.29, 0.717) is 25.7 Å². The van der Waals surface area contributed by atoms with Crippen molar-refractivity contribution in [2.24, 2.45) is 0 Å². The van der Waals surface area contributed by atoms with Crippen molar-refractivity contribution in [3.05, 3.63) is 104 Å². The molecule has 3 heterocycles. The molecule has 1 fully saturated rings. The molecule has 36 heavy (non-hydrogen) atoms. The number of aromatic nitrogens is 1. The minimum Gasteiger partial charge on any atom is -0.337 e. The highest BCUT2D eigenvalue weighted by molar-refractivity contribution is 8.08. The van der Waals surface area contributed by atoms with Gasteiger partial charge in [-0.2, -0.15) is 0 Å². The van der Waals surface area contributed by atoms with Crippen molar-refractivity contribution in [1.29, 1.82) is 0 Å². The number of hydrogen-bond donors (Lipinski definition) is 0. The second kappa shape index (κ2) is 8.77. The zero-order chi connectivity index (χ0) is 25.0. The van der Waals surface area contributed by atoms with Crippen molar-refractivity contribution in [3.8, 4) is 5.69 Å². The van der Waals surface area contributed by atoms with Crippen LogP contribution in [0.25, 0.3) is 16.4 Å². The van der Waals surface area contributed by atoms with Crippen LogP contribution in [0.4, 0.5) is 11.4 Å². The highest BCUT2D eigenvalue weighted by atomic mass is 32.2. The van der Waals surface area contributed by atoms with Crippen molar-refractivity contribution in [2.45, 2.75) is 4.90 Å². The molecule has 1 saturated heterocycles. The highest BCUT2D eigenvalue weighted by Crippen LogP contribution is 2.45. The van der Waals surface area contributed by atoms with E-state index in [0.717, 1.165) is 21.3 Å². The Kier molecular flexibility index (Phi) is 5.55. The van der Waals surface area contributed by atoms with Gasteiger partial charge >= 0.3 is 0 Å². The number of amides is 1. The van der Waals surface area contributed by atoms with Gasteiger partial charge in [-0.25, -0.2) is 0 Å². The number of carbonyl (C=O) groups excluding carboxylic acids is 1. The summed E-state index contributed by atoms with van der Waals surface area (Å²) in [5.41, 5.74) is 2.71. The van der Waals surface area contributed by atoms with E-state index in [1.807, 2.05) is 96.9 Å². The Morgan fingerprint density at radius 1 is 0.750 bits per heavy atom. The lowest BCUT2D eigenvalue weighted by molar-refractivity contribution is -0.119. The molecule has 2 aliphatic rings. The van der Waals surface area contributed by atoms with Crippen LogP contribution in [0.15, 0.2) is 94.6 Å². The molecule has 0 unspecified atom stereocenters. The fourth-order valence-electron chi connectivity index (χ4n) is 4.37.